The van der Waals surface area contributed by atoms with Crippen LogP contribution in [0.15, 0.2) is 103 Å². The summed E-state index contributed by atoms with van der Waals surface area (Å²) in [4.78, 5) is 2.31. The Balaban J connectivity index is 1.59. The first-order valence-corrected chi connectivity index (χ1v) is 11.4. The second-order valence-corrected chi connectivity index (χ2v) is 8.21. The lowest BCUT2D eigenvalue weighted by molar-refractivity contribution is 0.717. The van der Waals surface area contributed by atoms with E-state index in [1.807, 2.05) is 0 Å². The predicted molar refractivity (Wildman–Crippen MR) is 135 cm³/mol. The lowest BCUT2D eigenvalue weighted by atomic mass is 10.0. The van der Waals surface area contributed by atoms with Gasteiger partial charge in [-0.25, -0.2) is 0 Å². The molecule has 4 aromatic carbocycles. The van der Waals surface area contributed by atoms with E-state index in [0.29, 0.717) is 0 Å². The van der Waals surface area contributed by atoms with Crippen molar-refractivity contribution in [2.75, 3.05) is 4.90 Å². The number of anilines is 3. The van der Waals surface area contributed by atoms with Gasteiger partial charge in [-0.15, -0.1) is 0 Å². The Morgan fingerprint density at radius 2 is 1.06 bits per heavy atom. The predicted octanol–water partition coefficient (Wildman–Crippen LogP) is 8.86. The first-order chi connectivity index (χ1) is 15.2. The number of rotatable bonds is 8. The van der Waals surface area contributed by atoms with Crippen LogP contribution in [0.2, 0.25) is 0 Å². The van der Waals surface area contributed by atoms with Crippen LogP contribution >= 0.6 is 0 Å². The van der Waals surface area contributed by atoms with Crippen molar-refractivity contribution in [2.45, 2.75) is 39.5 Å². The molecule has 0 spiro atoms. The molecular formula is C30H31N. The molecule has 0 aromatic heterocycles. The summed E-state index contributed by atoms with van der Waals surface area (Å²) in [7, 11) is 0. The number of hydrogen-bond donors (Lipinski definition) is 0. The molecule has 1 nitrogen and oxygen atoms in total. The number of hydrogen-bond acceptors (Lipinski definition) is 1. The van der Waals surface area contributed by atoms with Gasteiger partial charge in [0.1, 0.15) is 0 Å². The maximum Gasteiger partial charge on any atom is 0.0462 e. The van der Waals surface area contributed by atoms with E-state index in [1.54, 1.807) is 0 Å². The van der Waals surface area contributed by atoms with Crippen molar-refractivity contribution < 1.29 is 0 Å². The van der Waals surface area contributed by atoms with Crippen LogP contribution in [0.1, 0.15) is 37.3 Å². The van der Waals surface area contributed by atoms with Crippen LogP contribution in [0.4, 0.5) is 17.1 Å². The number of aryl methyl sites for hydroxylation is 2. The van der Waals surface area contributed by atoms with E-state index in [9.17, 15) is 0 Å². The molecular weight excluding hydrogens is 374 g/mol. The van der Waals surface area contributed by atoms with Gasteiger partial charge in [-0.2, -0.15) is 0 Å². The van der Waals surface area contributed by atoms with Crippen molar-refractivity contribution in [3.63, 3.8) is 0 Å². The summed E-state index contributed by atoms with van der Waals surface area (Å²) >= 11 is 0. The van der Waals surface area contributed by atoms with Gasteiger partial charge in [0, 0.05) is 17.1 Å². The maximum atomic E-state index is 2.31. The summed E-state index contributed by atoms with van der Waals surface area (Å²) in [6.45, 7) is 4.38. The van der Waals surface area contributed by atoms with Gasteiger partial charge in [0.05, 0.1) is 0 Å². The number of nitrogens with zero attached hydrogens (tertiary/aromatic N) is 1. The second kappa shape index (κ2) is 10.1. The van der Waals surface area contributed by atoms with Gasteiger partial charge >= 0.3 is 0 Å². The highest BCUT2D eigenvalue weighted by Gasteiger charge is 2.12. The molecule has 0 N–H and O–H groups in total. The summed E-state index contributed by atoms with van der Waals surface area (Å²) < 4.78 is 0. The fraction of sp³-hybridized carbons (Fsp3) is 0.200. The van der Waals surface area contributed by atoms with Crippen molar-refractivity contribution in [2.24, 2.45) is 0 Å². The molecule has 0 saturated carbocycles. The van der Waals surface area contributed by atoms with E-state index >= 15 is 0 Å². The average Bonchev–Trinajstić information content (AvgIpc) is 2.82. The summed E-state index contributed by atoms with van der Waals surface area (Å²) in [5.74, 6) is 0. The molecule has 156 valence electrons. The van der Waals surface area contributed by atoms with Gasteiger partial charge in [-0.3, -0.25) is 0 Å². The van der Waals surface area contributed by atoms with Crippen LogP contribution < -0.4 is 4.90 Å². The number of para-hydroxylation sites is 1. The number of unbranched alkanes of at least 4 members (excludes halogenated alkanes) is 2. The molecule has 0 aliphatic rings. The van der Waals surface area contributed by atoms with E-state index in [0.717, 1.165) is 11.4 Å². The van der Waals surface area contributed by atoms with Gasteiger partial charge in [0.15, 0.2) is 0 Å². The highest BCUT2D eigenvalue weighted by Crippen LogP contribution is 2.35. The van der Waals surface area contributed by atoms with Crippen LogP contribution in [-0.4, -0.2) is 0 Å². The normalized spacial score (nSPS) is 10.8. The smallest absolute Gasteiger partial charge is 0.0462 e. The molecule has 0 heterocycles. The highest BCUT2D eigenvalue weighted by molar-refractivity contribution is 5.78. The Morgan fingerprint density at radius 1 is 0.548 bits per heavy atom. The minimum Gasteiger partial charge on any atom is -0.311 e. The molecule has 4 aromatic rings. The quantitative estimate of drug-likeness (QED) is 0.265. The third-order valence-corrected chi connectivity index (χ3v) is 5.79. The molecule has 0 radical (unpaired) electrons. The molecule has 0 saturated heterocycles. The van der Waals surface area contributed by atoms with E-state index in [2.05, 4.69) is 122 Å². The summed E-state index contributed by atoms with van der Waals surface area (Å²) in [5, 5.41) is 0. The zero-order valence-electron chi connectivity index (χ0n) is 18.6. The van der Waals surface area contributed by atoms with Gasteiger partial charge in [0.2, 0.25) is 0 Å². The van der Waals surface area contributed by atoms with E-state index in [4.69, 9.17) is 0 Å². The van der Waals surface area contributed by atoms with Crippen molar-refractivity contribution in [1.82, 2.24) is 0 Å². The first kappa shape index (κ1) is 20.9. The fourth-order valence-electron chi connectivity index (χ4n) is 3.96. The van der Waals surface area contributed by atoms with E-state index < -0.39 is 0 Å². The molecule has 0 fully saturated rings. The largest absolute Gasteiger partial charge is 0.311 e. The Kier molecular flexibility index (Phi) is 6.84. The van der Waals surface area contributed by atoms with Crippen LogP contribution in [0.3, 0.4) is 0 Å². The lowest BCUT2D eigenvalue weighted by Crippen LogP contribution is -2.09. The monoisotopic (exact) mass is 405 g/mol. The van der Waals surface area contributed by atoms with Gasteiger partial charge in [-0.1, -0.05) is 92.1 Å². The van der Waals surface area contributed by atoms with Gasteiger partial charge in [-0.05, 0) is 72.9 Å². The van der Waals surface area contributed by atoms with Crippen molar-refractivity contribution in [3.05, 3.63) is 114 Å². The van der Waals surface area contributed by atoms with Gasteiger partial charge < -0.3 is 4.90 Å². The average molecular weight is 406 g/mol. The molecule has 0 aliphatic carbocycles. The Labute approximate surface area is 187 Å². The SMILES string of the molecule is CCCCCc1ccc(-c2ccc(N(c3ccccc3)c3ccc(C)cc3)cc2)cc1. The number of benzene rings is 4. The fourth-order valence-corrected chi connectivity index (χ4v) is 3.96. The molecule has 0 atom stereocenters. The molecule has 31 heavy (non-hydrogen) atoms. The minimum absolute atomic E-state index is 1.16. The standard InChI is InChI=1S/C30H31N/c1-3-4-6-9-25-14-16-26(17-15-25)27-18-22-30(23-19-27)31(28-10-7-5-8-11-28)29-20-12-24(2)13-21-29/h5,7-8,10-23H,3-4,6,9H2,1-2H3. The molecule has 0 unspecified atom stereocenters. The zero-order valence-corrected chi connectivity index (χ0v) is 18.6. The zero-order chi connectivity index (χ0) is 21.5. The first-order valence-electron chi connectivity index (χ1n) is 11.4. The molecule has 0 aliphatic heterocycles. The minimum atomic E-state index is 1.16. The Morgan fingerprint density at radius 3 is 1.65 bits per heavy atom. The van der Waals surface area contributed by atoms with Crippen LogP contribution in [0, 0.1) is 6.92 Å². The third kappa shape index (κ3) is 5.24. The van der Waals surface area contributed by atoms with E-state index in [-0.39, 0.29) is 0 Å². The molecule has 0 amide bonds. The maximum absolute atomic E-state index is 2.31. The van der Waals surface area contributed by atoms with Crippen LogP contribution in [0.5, 0.6) is 0 Å². The lowest BCUT2D eigenvalue weighted by Gasteiger charge is -2.25. The van der Waals surface area contributed by atoms with Crippen LogP contribution in [-0.2, 0) is 6.42 Å². The van der Waals surface area contributed by atoms with Crippen molar-refractivity contribution in [3.8, 4) is 11.1 Å². The van der Waals surface area contributed by atoms with E-state index in [1.165, 1.54) is 53.6 Å². The Hall–Kier alpha value is -3.32. The second-order valence-electron chi connectivity index (χ2n) is 8.21. The topological polar surface area (TPSA) is 3.24 Å². The molecule has 1 heteroatoms. The summed E-state index contributed by atoms with van der Waals surface area (Å²) in [6, 6.07) is 37.2. The third-order valence-electron chi connectivity index (χ3n) is 5.79. The van der Waals surface area contributed by atoms with Gasteiger partial charge in [0.25, 0.3) is 0 Å². The Bertz CT molecular complexity index is 1060. The van der Waals surface area contributed by atoms with Crippen LogP contribution in [0.25, 0.3) is 11.1 Å². The molecule has 4 rings (SSSR count). The summed E-state index contributed by atoms with van der Waals surface area (Å²) in [6.07, 6.45) is 5.03. The highest BCUT2D eigenvalue weighted by atomic mass is 15.1. The summed E-state index contributed by atoms with van der Waals surface area (Å²) in [5.41, 5.74) is 8.72. The molecule has 0 bridgehead atoms. The van der Waals surface area contributed by atoms with Crippen molar-refractivity contribution >= 4 is 17.1 Å². The van der Waals surface area contributed by atoms with Crippen molar-refractivity contribution in [1.29, 1.82) is 0 Å².